The molecule has 158 valence electrons. The topological polar surface area (TPSA) is 74.3 Å². The highest BCUT2D eigenvalue weighted by atomic mass is 16.5. The Hall–Kier alpha value is -2.96. The number of carbonyl (C=O) groups excluding carboxylic acids is 2. The number of hydrogen-bond acceptors (Lipinski definition) is 7. The summed E-state index contributed by atoms with van der Waals surface area (Å²) in [6.45, 7) is 7.87. The first-order valence-electron chi connectivity index (χ1n) is 9.64. The molecule has 2 rings (SSSR count). The van der Waals surface area contributed by atoms with Gasteiger partial charge in [0.15, 0.2) is 0 Å². The van der Waals surface area contributed by atoms with E-state index < -0.39 is 17.9 Å². The molecular weight excluding hydrogens is 374 g/mol. The van der Waals surface area contributed by atoms with Gasteiger partial charge >= 0.3 is 11.9 Å². The van der Waals surface area contributed by atoms with Gasteiger partial charge in [0.05, 0.1) is 44.5 Å². The largest absolute Gasteiger partial charge is 0.497 e. The van der Waals surface area contributed by atoms with Crippen LogP contribution in [0.15, 0.2) is 41.7 Å². The van der Waals surface area contributed by atoms with Crippen LogP contribution in [-0.4, -0.2) is 50.3 Å². The molecule has 0 bridgehead atoms. The second kappa shape index (κ2) is 10.0. The zero-order valence-corrected chi connectivity index (χ0v) is 17.9. The maximum Gasteiger partial charge on any atom is 0.336 e. The molecule has 0 radical (unpaired) electrons. The Bertz CT molecular complexity index is 776. The Morgan fingerprint density at radius 3 is 1.93 bits per heavy atom. The van der Waals surface area contributed by atoms with Crippen LogP contribution in [0.25, 0.3) is 0 Å². The second-order valence-electron chi connectivity index (χ2n) is 6.69. The van der Waals surface area contributed by atoms with Crippen LogP contribution in [0.3, 0.4) is 0 Å². The maximum absolute atomic E-state index is 12.8. The van der Waals surface area contributed by atoms with Crippen molar-refractivity contribution in [1.29, 1.82) is 0 Å². The molecule has 1 aromatic rings. The van der Waals surface area contributed by atoms with E-state index in [1.54, 1.807) is 51.6 Å². The summed E-state index contributed by atoms with van der Waals surface area (Å²) in [7, 11) is 3.09. The third-order valence-electron chi connectivity index (χ3n) is 4.57. The number of nitrogens with zero attached hydrogens (tertiary/aromatic N) is 1. The van der Waals surface area contributed by atoms with E-state index in [0.717, 1.165) is 0 Å². The molecule has 0 spiro atoms. The number of benzene rings is 1. The SMILES string of the molecule is CCOC(=O)C1=CN(C(C)C)C=C(C(=O)OCC)C1c1ccc(OC)cc1OC. The van der Waals surface area contributed by atoms with Gasteiger partial charge in [-0.05, 0) is 33.8 Å². The van der Waals surface area contributed by atoms with E-state index in [4.69, 9.17) is 18.9 Å². The molecule has 7 heteroatoms. The maximum atomic E-state index is 12.8. The number of esters is 2. The van der Waals surface area contributed by atoms with E-state index in [-0.39, 0.29) is 19.3 Å². The minimum atomic E-state index is -0.691. The van der Waals surface area contributed by atoms with Crippen LogP contribution in [0.4, 0.5) is 0 Å². The lowest BCUT2D eigenvalue weighted by atomic mass is 9.82. The van der Waals surface area contributed by atoms with Crippen LogP contribution in [0.1, 0.15) is 39.2 Å². The quantitative estimate of drug-likeness (QED) is 0.616. The van der Waals surface area contributed by atoms with Crippen LogP contribution in [0.5, 0.6) is 11.5 Å². The van der Waals surface area contributed by atoms with E-state index in [1.165, 1.54) is 7.11 Å². The smallest absolute Gasteiger partial charge is 0.336 e. The number of hydrogen-bond donors (Lipinski definition) is 0. The highest BCUT2D eigenvalue weighted by molar-refractivity contribution is 5.99. The van der Waals surface area contributed by atoms with Crippen molar-refractivity contribution >= 4 is 11.9 Å². The number of rotatable bonds is 8. The normalized spacial score (nSPS) is 14.2. The summed E-state index contributed by atoms with van der Waals surface area (Å²) in [4.78, 5) is 27.5. The molecule has 7 nitrogen and oxygen atoms in total. The monoisotopic (exact) mass is 403 g/mol. The van der Waals surface area contributed by atoms with Crippen molar-refractivity contribution in [1.82, 2.24) is 4.90 Å². The first-order valence-corrected chi connectivity index (χ1v) is 9.64. The molecule has 0 aliphatic carbocycles. The van der Waals surface area contributed by atoms with Crippen LogP contribution in [0.2, 0.25) is 0 Å². The lowest BCUT2D eigenvalue weighted by molar-refractivity contribution is -0.139. The van der Waals surface area contributed by atoms with Crippen LogP contribution in [-0.2, 0) is 19.1 Å². The summed E-state index contributed by atoms with van der Waals surface area (Å²) in [6, 6.07) is 5.30. The van der Waals surface area contributed by atoms with Crippen LogP contribution >= 0.6 is 0 Å². The molecule has 0 saturated heterocycles. The molecule has 0 fully saturated rings. The molecule has 0 aromatic heterocycles. The predicted octanol–water partition coefficient (Wildman–Crippen LogP) is 3.41. The Morgan fingerprint density at radius 2 is 1.52 bits per heavy atom. The van der Waals surface area contributed by atoms with Crippen molar-refractivity contribution in [3.63, 3.8) is 0 Å². The van der Waals surface area contributed by atoms with Gasteiger partial charge in [-0.1, -0.05) is 6.07 Å². The fraction of sp³-hybridized carbons (Fsp3) is 0.455. The van der Waals surface area contributed by atoms with Crippen molar-refractivity contribution in [2.24, 2.45) is 0 Å². The third kappa shape index (κ3) is 4.91. The fourth-order valence-electron chi connectivity index (χ4n) is 3.14. The molecule has 1 heterocycles. The minimum absolute atomic E-state index is 0.0302. The lowest BCUT2D eigenvalue weighted by Crippen LogP contribution is -2.32. The fourth-order valence-corrected chi connectivity index (χ4v) is 3.14. The Labute approximate surface area is 171 Å². The zero-order valence-electron chi connectivity index (χ0n) is 17.9. The number of ether oxygens (including phenoxy) is 4. The summed E-state index contributed by atoms with van der Waals surface area (Å²) in [5.41, 5.74) is 1.33. The lowest BCUT2D eigenvalue weighted by Gasteiger charge is -2.33. The predicted molar refractivity (Wildman–Crippen MR) is 109 cm³/mol. The van der Waals surface area contributed by atoms with Gasteiger partial charge in [-0.2, -0.15) is 0 Å². The Kier molecular flexibility index (Phi) is 7.70. The average Bonchev–Trinajstić information content (AvgIpc) is 2.72. The van der Waals surface area contributed by atoms with Gasteiger partial charge in [0, 0.05) is 30.1 Å². The molecule has 1 aliphatic rings. The van der Waals surface area contributed by atoms with Gasteiger partial charge in [0.25, 0.3) is 0 Å². The highest BCUT2D eigenvalue weighted by Crippen LogP contribution is 2.42. The Balaban J connectivity index is 2.69. The zero-order chi connectivity index (χ0) is 21.6. The van der Waals surface area contributed by atoms with Gasteiger partial charge in [0.2, 0.25) is 0 Å². The van der Waals surface area contributed by atoms with E-state index in [9.17, 15) is 9.59 Å². The van der Waals surface area contributed by atoms with Gasteiger partial charge in [0.1, 0.15) is 11.5 Å². The molecule has 0 N–H and O–H groups in total. The highest BCUT2D eigenvalue weighted by Gasteiger charge is 2.37. The summed E-state index contributed by atoms with van der Waals surface area (Å²) in [6.07, 6.45) is 3.44. The standard InChI is InChI=1S/C22H29NO6/c1-7-28-21(24)17-12-23(14(3)4)13-18(22(25)29-8-2)20(17)16-10-9-15(26-5)11-19(16)27-6/h9-14,20H,7-8H2,1-6H3. The summed E-state index contributed by atoms with van der Waals surface area (Å²) >= 11 is 0. The number of carbonyl (C=O) groups is 2. The van der Waals surface area contributed by atoms with E-state index >= 15 is 0 Å². The molecule has 1 aromatic carbocycles. The van der Waals surface area contributed by atoms with Crippen molar-refractivity contribution < 1.29 is 28.5 Å². The molecule has 0 atom stereocenters. The molecular formula is C22H29NO6. The molecule has 0 amide bonds. The Morgan fingerprint density at radius 1 is 0.966 bits per heavy atom. The van der Waals surface area contributed by atoms with Crippen molar-refractivity contribution in [2.75, 3.05) is 27.4 Å². The summed E-state index contributed by atoms with van der Waals surface area (Å²) < 4.78 is 21.4. The second-order valence-corrected chi connectivity index (χ2v) is 6.69. The molecule has 0 saturated carbocycles. The molecule has 1 aliphatic heterocycles. The van der Waals surface area contributed by atoms with Crippen molar-refractivity contribution in [3.05, 3.63) is 47.3 Å². The van der Waals surface area contributed by atoms with E-state index in [1.807, 2.05) is 18.7 Å². The third-order valence-corrected chi connectivity index (χ3v) is 4.57. The minimum Gasteiger partial charge on any atom is -0.497 e. The van der Waals surface area contributed by atoms with E-state index in [2.05, 4.69) is 0 Å². The van der Waals surface area contributed by atoms with Gasteiger partial charge in [-0.25, -0.2) is 9.59 Å². The first kappa shape index (κ1) is 22.3. The number of methoxy groups -OCH3 is 2. The molecule has 0 unspecified atom stereocenters. The van der Waals surface area contributed by atoms with Crippen molar-refractivity contribution in [2.45, 2.75) is 39.7 Å². The first-order chi connectivity index (χ1) is 13.9. The van der Waals surface area contributed by atoms with Crippen LogP contribution in [0, 0.1) is 0 Å². The summed E-state index contributed by atoms with van der Waals surface area (Å²) in [5.74, 6) is -0.568. The van der Waals surface area contributed by atoms with Crippen LogP contribution < -0.4 is 9.47 Å². The summed E-state index contributed by atoms with van der Waals surface area (Å²) in [5, 5.41) is 0. The van der Waals surface area contributed by atoms with Gasteiger partial charge < -0.3 is 23.8 Å². The van der Waals surface area contributed by atoms with E-state index in [0.29, 0.717) is 28.2 Å². The van der Waals surface area contributed by atoms with Crippen molar-refractivity contribution in [3.8, 4) is 11.5 Å². The van der Waals surface area contributed by atoms with Gasteiger partial charge in [-0.3, -0.25) is 0 Å². The van der Waals surface area contributed by atoms with Gasteiger partial charge in [-0.15, -0.1) is 0 Å². The molecule has 29 heavy (non-hydrogen) atoms. The average molecular weight is 403 g/mol.